The summed E-state index contributed by atoms with van der Waals surface area (Å²) in [7, 11) is 3.05. The Morgan fingerprint density at radius 2 is 1.72 bits per heavy atom. The van der Waals surface area contributed by atoms with Gasteiger partial charge in [-0.1, -0.05) is 6.07 Å². The van der Waals surface area contributed by atoms with Crippen LogP contribution in [-0.4, -0.2) is 61.0 Å². The molecule has 1 saturated heterocycles. The fourth-order valence-electron chi connectivity index (χ4n) is 4.04. The molecule has 1 amide bonds. The van der Waals surface area contributed by atoms with Crippen molar-refractivity contribution < 1.29 is 27.4 Å². The number of anilines is 1. The smallest absolute Gasteiger partial charge is 0.416 e. The number of hydrogen-bond acceptors (Lipinski definition) is 6. The fourth-order valence-corrected chi connectivity index (χ4v) is 4.04. The SMILES string of the molecule is COc1ccc(OC)c(-c2ccc(=O)n(CC(=O)N3CCN(c4cccc(C(F)(F)F)c4)CC3)n2)c1. The van der Waals surface area contributed by atoms with E-state index in [9.17, 15) is 22.8 Å². The average Bonchev–Trinajstić information content (AvgIpc) is 2.89. The van der Waals surface area contributed by atoms with Crippen molar-refractivity contribution in [1.82, 2.24) is 14.7 Å². The van der Waals surface area contributed by atoms with Gasteiger partial charge in [-0.2, -0.15) is 18.3 Å². The summed E-state index contributed by atoms with van der Waals surface area (Å²) < 4.78 is 50.9. The van der Waals surface area contributed by atoms with Gasteiger partial charge in [-0.25, -0.2) is 4.68 Å². The van der Waals surface area contributed by atoms with E-state index in [4.69, 9.17) is 9.47 Å². The van der Waals surface area contributed by atoms with Gasteiger partial charge in [-0.3, -0.25) is 9.59 Å². The van der Waals surface area contributed by atoms with Crippen molar-refractivity contribution in [3.05, 3.63) is 70.5 Å². The molecule has 0 spiro atoms. The van der Waals surface area contributed by atoms with Gasteiger partial charge in [-0.05, 0) is 42.5 Å². The van der Waals surface area contributed by atoms with Crippen LogP contribution >= 0.6 is 0 Å². The zero-order valence-electron chi connectivity index (χ0n) is 19.8. The van der Waals surface area contributed by atoms with E-state index in [0.717, 1.165) is 16.8 Å². The first-order chi connectivity index (χ1) is 17.2. The lowest BCUT2D eigenvalue weighted by atomic mass is 10.1. The third-order valence-corrected chi connectivity index (χ3v) is 6.01. The highest BCUT2D eigenvalue weighted by atomic mass is 19.4. The first-order valence-electron chi connectivity index (χ1n) is 11.2. The van der Waals surface area contributed by atoms with E-state index in [2.05, 4.69) is 5.10 Å². The fraction of sp³-hybridized carbons (Fsp3) is 0.320. The second kappa shape index (κ2) is 10.3. The number of alkyl halides is 3. The lowest BCUT2D eigenvalue weighted by Gasteiger charge is -2.36. The molecule has 1 fully saturated rings. The molecule has 4 rings (SSSR count). The largest absolute Gasteiger partial charge is 0.497 e. The Balaban J connectivity index is 1.46. The molecule has 1 aromatic heterocycles. The van der Waals surface area contributed by atoms with Crippen molar-refractivity contribution in [2.24, 2.45) is 0 Å². The summed E-state index contributed by atoms with van der Waals surface area (Å²) in [6.45, 7) is 1.11. The minimum absolute atomic E-state index is 0.261. The standard InChI is InChI=1S/C25H25F3N4O4/c1-35-19-6-8-22(36-2)20(15-19)21-7-9-23(33)32(29-21)16-24(34)31-12-10-30(11-13-31)18-5-3-4-17(14-18)25(26,27)28/h3-9,14-15H,10-13,16H2,1-2H3. The Labute approximate surface area is 205 Å². The van der Waals surface area contributed by atoms with Crippen molar-refractivity contribution >= 4 is 11.6 Å². The molecule has 3 aromatic rings. The van der Waals surface area contributed by atoms with Gasteiger partial charge in [0.05, 0.1) is 25.5 Å². The zero-order chi connectivity index (χ0) is 25.9. The molecule has 0 unspecified atom stereocenters. The first-order valence-corrected chi connectivity index (χ1v) is 11.2. The second-order valence-electron chi connectivity index (χ2n) is 8.20. The van der Waals surface area contributed by atoms with Gasteiger partial charge in [-0.15, -0.1) is 0 Å². The van der Waals surface area contributed by atoms with Crippen LogP contribution < -0.4 is 19.9 Å². The maximum atomic E-state index is 13.0. The topological polar surface area (TPSA) is 76.9 Å². The molecular weight excluding hydrogens is 477 g/mol. The number of carbonyl (C=O) groups excluding carboxylic acids is 1. The molecule has 0 aliphatic carbocycles. The van der Waals surface area contributed by atoms with Crippen molar-refractivity contribution in [3.8, 4) is 22.8 Å². The average molecular weight is 502 g/mol. The lowest BCUT2D eigenvalue weighted by molar-refractivity contribution is -0.137. The van der Waals surface area contributed by atoms with Crippen LogP contribution in [0.3, 0.4) is 0 Å². The van der Waals surface area contributed by atoms with E-state index in [1.165, 1.54) is 26.4 Å². The van der Waals surface area contributed by atoms with Crippen molar-refractivity contribution in [2.45, 2.75) is 12.7 Å². The third kappa shape index (κ3) is 5.45. The normalized spacial score (nSPS) is 14.0. The van der Waals surface area contributed by atoms with Gasteiger partial charge in [0, 0.05) is 43.5 Å². The van der Waals surface area contributed by atoms with Gasteiger partial charge in [0.2, 0.25) is 5.91 Å². The summed E-state index contributed by atoms with van der Waals surface area (Å²) in [6, 6.07) is 13.2. The van der Waals surface area contributed by atoms with Crippen LogP contribution in [0.25, 0.3) is 11.3 Å². The Morgan fingerprint density at radius 1 is 0.972 bits per heavy atom. The Bertz CT molecular complexity index is 1300. The zero-order valence-corrected chi connectivity index (χ0v) is 19.8. The molecule has 0 atom stereocenters. The van der Waals surface area contributed by atoms with Crippen LogP contribution in [0.4, 0.5) is 18.9 Å². The van der Waals surface area contributed by atoms with Crippen LogP contribution in [0.2, 0.25) is 0 Å². The van der Waals surface area contributed by atoms with Crippen molar-refractivity contribution in [1.29, 1.82) is 0 Å². The molecule has 1 aliphatic heterocycles. The molecule has 0 N–H and O–H groups in total. The van der Waals surface area contributed by atoms with Crippen LogP contribution in [0, 0.1) is 0 Å². The van der Waals surface area contributed by atoms with E-state index >= 15 is 0 Å². The molecule has 2 aromatic carbocycles. The summed E-state index contributed by atoms with van der Waals surface area (Å²) >= 11 is 0. The molecule has 0 radical (unpaired) electrons. The number of nitrogens with zero attached hydrogens (tertiary/aromatic N) is 4. The highest BCUT2D eigenvalue weighted by Crippen LogP contribution is 2.33. The highest BCUT2D eigenvalue weighted by Gasteiger charge is 2.31. The maximum absolute atomic E-state index is 13.0. The number of benzene rings is 2. The van der Waals surface area contributed by atoms with Gasteiger partial charge in [0.15, 0.2) is 0 Å². The van der Waals surface area contributed by atoms with Crippen LogP contribution in [0.15, 0.2) is 59.4 Å². The van der Waals surface area contributed by atoms with Gasteiger partial charge >= 0.3 is 6.18 Å². The molecule has 2 heterocycles. The summed E-state index contributed by atoms with van der Waals surface area (Å²) in [6.07, 6.45) is -4.42. The number of carbonyl (C=O) groups is 1. The van der Waals surface area contributed by atoms with Crippen LogP contribution in [-0.2, 0) is 17.5 Å². The number of ether oxygens (including phenoxy) is 2. The van der Waals surface area contributed by atoms with Crippen LogP contribution in [0.1, 0.15) is 5.56 Å². The first kappa shape index (κ1) is 25.1. The van der Waals surface area contributed by atoms with Crippen molar-refractivity contribution in [3.63, 3.8) is 0 Å². The van der Waals surface area contributed by atoms with Gasteiger partial charge in [0.25, 0.3) is 5.56 Å². The molecule has 190 valence electrons. The number of halogens is 3. The number of rotatable bonds is 6. The summed E-state index contributed by atoms with van der Waals surface area (Å²) in [5.41, 5.74) is 0.350. The number of aromatic nitrogens is 2. The molecule has 0 bridgehead atoms. The number of amides is 1. The summed E-state index contributed by atoms with van der Waals surface area (Å²) in [5.74, 6) is 0.814. The van der Waals surface area contributed by atoms with E-state index < -0.39 is 17.3 Å². The number of methoxy groups -OCH3 is 2. The molecule has 36 heavy (non-hydrogen) atoms. The van der Waals surface area contributed by atoms with Gasteiger partial charge in [0.1, 0.15) is 18.0 Å². The lowest BCUT2D eigenvalue weighted by Crippen LogP contribution is -2.50. The Hall–Kier alpha value is -4.02. The van der Waals surface area contributed by atoms with Crippen molar-refractivity contribution in [2.75, 3.05) is 45.3 Å². The molecular formula is C25H25F3N4O4. The predicted octanol–water partition coefficient (Wildman–Crippen LogP) is 3.30. The molecule has 1 aliphatic rings. The highest BCUT2D eigenvalue weighted by molar-refractivity contribution is 5.76. The number of hydrogen-bond donors (Lipinski definition) is 0. The number of piperazine rings is 1. The maximum Gasteiger partial charge on any atom is 0.416 e. The summed E-state index contributed by atoms with van der Waals surface area (Å²) in [5, 5.41) is 4.36. The molecule has 11 heteroatoms. The monoisotopic (exact) mass is 502 g/mol. The predicted molar refractivity (Wildman–Crippen MR) is 127 cm³/mol. The molecule has 8 nitrogen and oxygen atoms in total. The van der Waals surface area contributed by atoms with Crippen LogP contribution in [0.5, 0.6) is 11.5 Å². The van der Waals surface area contributed by atoms with E-state index in [0.29, 0.717) is 54.6 Å². The minimum Gasteiger partial charge on any atom is -0.497 e. The van der Waals surface area contributed by atoms with E-state index in [-0.39, 0.29) is 12.5 Å². The molecule has 0 saturated carbocycles. The Kier molecular flexibility index (Phi) is 7.18. The van der Waals surface area contributed by atoms with E-state index in [1.807, 2.05) is 0 Å². The third-order valence-electron chi connectivity index (χ3n) is 6.01. The van der Waals surface area contributed by atoms with E-state index in [1.54, 1.807) is 40.1 Å². The summed E-state index contributed by atoms with van der Waals surface area (Å²) in [4.78, 5) is 28.7. The minimum atomic E-state index is -4.42. The Morgan fingerprint density at radius 3 is 2.39 bits per heavy atom. The van der Waals surface area contributed by atoms with Gasteiger partial charge < -0.3 is 19.3 Å². The second-order valence-corrected chi connectivity index (χ2v) is 8.20. The quantitative estimate of drug-likeness (QED) is 0.515.